The lowest BCUT2D eigenvalue weighted by Gasteiger charge is -2.11. The first kappa shape index (κ1) is 19.0. The molecule has 0 saturated carbocycles. The summed E-state index contributed by atoms with van der Waals surface area (Å²) in [6.45, 7) is 3.84. The molecule has 0 spiro atoms. The zero-order valence-electron chi connectivity index (χ0n) is 16.0. The summed E-state index contributed by atoms with van der Waals surface area (Å²) in [4.78, 5) is 16.8. The number of halogens is 1. The first-order valence-electron chi connectivity index (χ1n) is 9.15. The molecule has 0 unspecified atom stereocenters. The lowest BCUT2D eigenvalue weighted by atomic mass is 10.1. The largest absolute Gasteiger partial charge is 0.483 e. The highest BCUT2D eigenvalue weighted by atomic mass is 35.5. The number of para-hydroxylation sites is 1. The first-order chi connectivity index (χ1) is 14.0. The number of anilines is 1. The van der Waals surface area contributed by atoms with Crippen molar-refractivity contribution < 1.29 is 13.9 Å². The number of ether oxygens (including phenoxy) is 1. The predicted octanol–water partition coefficient (Wildman–Crippen LogP) is 5.78. The van der Waals surface area contributed by atoms with E-state index in [9.17, 15) is 4.79 Å². The summed E-state index contributed by atoms with van der Waals surface area (Å²) in [6.07, 6.45) is 0. The standard InChI is InChI=1S/C23H19ClN2O3/c1-14-5-3-6-15(2)22(14)28-13-21(27)25-18-9-10-20-19(12-18)26-23(29-20)16-7-4-8-17(24)11-16/h3-12H,13H2,1-2H3,(H,25,27). The van der Waals surface area contributed by atoms with Crippen LogP contribution >= 0.6 is 11.6 Å². The number of aryl methyl sites for hydroxylation is 2. The van der Waals surface area contributed by atoms with E-state index in [1.807, 2.05) is 44.2 Å². The van der Waals surface area contributed by atoms with Crippen molar-refractivity contribution in [2.45, 2.75) is 13.8 Å². The van der Waals surface area contributed by atoms with Crippen molar-refractivity contribution in [3.8, 4) is 17.2 Å². The number of hydrogen-bond acceptors (Lipinski definition) is 4. The minimum atomic E-state index is -0.245. The van der Waals surface area contributed by atoms with Gasteiger partial charge in [0, 0.05) is 16.3 Å². The molecular weight excluding hydrogens is 388 g/mol. The molecule has 1 N–H and O–H groups in total. The molecule has 6 heteroatoms. The highest BCUT2D eigenvalue weighted by Crippen LogP contribution is 2.28. The van der Waals surface area contributed by atoms with Crippen LogP contribution in [0.15, 0.2) is 65.1 Å². The number of carbonyl (C=O) groups excluding carboxylic acids is 1. The highest BCUT2D eigenvalue weighted by molar-refractivity contribution is 6.30. The summed E-state index contributed by atoms with van der Waals surface area (Å²) < 4.78 is 11.5. The minimum absolute atomic E-state index is 0.0731. The fourth-order valence-electron chi connectivity index (χ4n) is 3.11. The number of hydrogen-bond donors (Lipinski definition) is 1. The molecule has 3 aromatic carbocycles. The molecule has 5 nitrogen and oxygen atoms in total. The summed E-state index contributed by atoms with van der Waals surface area (Å²) in [5.41, 5.74) is 4.68. The van der Waals surface area contributed by atoms with Gasteiger partial charge in [0.15, 0.2) is 12.2 Å². The van der Waals surface area contributed by atoms with Crippen molar-refractivity contribution in [3.63, 3.8) is 0 Å². The molecule has 0 aliphatic heterocycles. The van der Waals surface area contributed by atoms with Crippen LogP contribution in [0.2, 0.25) is 5.02 Å². The third-order valence-electron chi connectivity index (χ3n) is 4.50. The quantitative estimate of drug-likeness (QED) is 0.456. The van der Waals surface area contributed by atoms with Crippen molar-refractivity contribution >= 4 is 34.3 Å². The van der Waals surface area contributed by atoms with E-state index in [4.69, 9.17) is 20.8 Å². The molecule has 1 aromatic heterocycles. The van der Waals surface area contributed by atoms with Gasteiger partial charge in [0.1, 0.15) is 11.3 Å². The third-order valence-corrected chi connectivity index (χ3v) is 4.73. The molecule has 0 radical (unpaired) electrons. The average Bonchev–Trinajstić information content (AvgIpc) is 3.11. The number of fused-ring (bicyclic) bond motifs is 1. The molecule has 4 rings (SSSR count). The van der Waals surface area contributed by atoms with Gasteiger partial charge in [0.25, 0.3) is 5.91 Å². The van der Waals surface area contributed by atoms with Gasteiger partial charge >= 0.3 is 0 Å². The summed E-state index contributed by atoms with van der Waals surface area (Å²) >= 11 is 6.04. The molecule has 146 valence electrons. The molecule has 0 aliphatic carbocycles. The van der Waals surface area contributed by atoms with Crippen LogP contribution in [-0.2, 0) is 4.79 Å². The van der Waals surface area contributed by atoms with Crippen LogP contribution in [0.5, 0.6) is 5.75 Å². The molecule has 0 saturated heterocycles. The Bertz CT molecular complexity index is 1180. The molecule has 4 aromatic rings. The molecule has 0 fully saturated rings. The number of carbonyl (C=O) groups is 1. The molecule has 1 heterocycles. The van der Waals surface area contributed by atoms with E-state index in [1.165, 1.54) is 0 Å². The van der Waals surface area contributed by atoms with Crippen LogP contribution in [0.3, 0.4) is 0 Å². The topological polar surface area (TPSA) is 64.4 Å². The van der Waals surface area contributed by atoms with Crippen LogP contribution in [0.1, 0.15) is 11.1 Å². The van der Waals surface area contributed by atoms with Gasteiger partial charge in [-0.15, -0.1) is 0 Å². The van der Waals surface area contributed by atoms with Crippen molar-refractivity contribution in [2.75, 3.05) is 11.9 Å². The fourth-order valence-corrected chi connectivity index (χ4v) is 3.30. The molecule has 29 heavy (non-hydrogen) atoms. The Morgan fingerprint density at radius 3 is 2.59 bits per heavy atom. The van der Waals surface area contributed by atoms with E-state index in [0.29, 0.717) is 27.7 Å². The fraction of sp³-hybridized carbons (Fsp3) is 0.130. The second-order valence-corrected chi connectivity index (χ2v) is 7.21. The molecule has 1 amide bonds. The molecule has 0 atom stereocenters. The molecular formula is C23H19ClN2O3. The second kappa shape index (κ2) is 7.97. The second-order valence-electron chi connectivity index (χ2n) is 6.77. The van der Waals surface area contributed by atoms with Crippen LogP contribution in [0.4, 0.5) is 5.69 Å². The molecule has 0 bridgehead atoms. The number of oxazole rings is 1. The Morgan fingerprint density at radius 2 is 1.83 bits per heavy atom. The van der Waals surface area contributed by atoms with Crippen LogP contribution in [-0.4, -0.2) is 17.5 Å². The number of benzene rings is 3. The molecule has 0 aliphatic rings. The summed E-state index contributed by atoms with van der Waals surface area (Å²) in [5, 5.41) is 3.45. The Balaban J connectivity index is 1.47. The zero-order valence-corrected chi connectivity index (χ0v) is 16.8. The maximum atomic E-state index is 12.3. The maximum Gasteiger partial charge on any atom is 0.262 e. The Hall–Kier alpha value is -3.31. The minimum Gasteiger partial charge on any atom is -0.483 e. The SMILES string of the molecule is Cc1cccc(C)c1OCC(=O)Nc1ccc2oc(-c3cccc(Cl)c3)nc2c1. The Labute approximate surface area is 173 Å². The lowest BCUT2D eigenvalue weighted by Crippen LogP contribution is -2.20. The number of rotatable bonds is 5. The van der Waals surface area contributed by atoms with Crippen molar-refractivity contribution in [1.29, 1.82) is 0 Å². The number of amides is 1. The van der Waals surface area contributed by atoms with E-state index in [-0.39, 0.29) is 12.5 Å². The monoisotopic (exact) mass is 406 g/mol. The summed E-state index contributed by atoms with van der Waals surface area (Å²) in [5.74, 6) is 0.968. The maximum absolute atomic E-state index is 12.3. The first-order valence-corrected chi connectivity index (χ1v) is 9.53. The van der Waals surface area contributed by atoms with Crippen molar-refractivity contribution in [1.82, 2.24) is 4.98 Å². The zero-order chi connectivity index (χ0) is 20.4. The van der Waals surface area contributed by atoms with Gasteiger partial charge < -0.3 is 14.5 Å². The van der Waals surface area contributed by atoms with E-state index in [2.05, 4.69) is 10.3 Å². The Kier molecular flexibility index (Phi) is 5.23. The Morgan fingerprint density at radius 1 is 1.07 bits per heavy atom. The van der Waals surface area contributed by atoms with E-state index in [1.54, 1.807) is 30.3 Å². The lowest BCUT2D eigenvalue weighted by molar-refractivity contribution is -0.118. The van der Waals surface area contributed by atoms with Crippen LogP contribution in [0, 0.1) is 13.8 Å². The third kappa shape index (κ3) is 4.25. The van der Waals surface area contributed by atoms with Gasteiger partial charge in [-0.1, -0.05) is 35.9 Å². The van der Waals surface area contributed by atoms with E-state index < -0.39 is 0 Å². The van der Waals surface area contributed by atoms with Gasteiger partial charge in [0.05, 0.1) is 0 Å². The van der Waals surface area contributed by atoms with Gasteiger partial charge in [-0.05, 0) is 61.4 Å². The highest BCUT2D eigenvalue weighted by Gasteiger charge is 2.11. The average molecular weight is 407 g/mol. The van der Waals surface area contributed by atoms with Gasteiger partial charge in [-0.25, -0.2) is 4.98 Å². The van der Waals surface area contributed by atoms with E-state index in [0.717, 1.165) is 22.4 Å². The van der Waals surface area contributed by atoms with Gasteiger partial charge in [-0.3, -0.25) is 4.79 Å². The number of aromatic nitrogens is 1. The van der Waals surface area contributed by atoms with Crippen LogP contribution in [0.25, 0.3) is 22.6 Å². The van der Waals surface area contributed by atoms with Gasteiger partial charge in [-0.2, -0.15) is 0 Å². The number of nitrogens with one attached hydrogen (secondary N) is 1. The van der Waals surface area contributed by atoms with Crippen LogP contribution < -0.4 is 10.1 Å². The van der Waals surface area contributed by atoms with Crippen molar-refractivity contribution in [2.24, 2.45) is 0 Å². The smallest absolute Gasteiger partial charge is 0.262 e. The normalized spacial score (nSPS) is 10.9. The summed E-state index contributed by atoms with van der Waals surface area (Å²) in [6, 6.07) is 18.5. The van der Waals surface area contributed by atoms with E-state index >= 15 is 0 Å². The van der Waals surface area contributed by atoms with Gasteiger partial charge in [0.2, 0.25) is 5.89 Å². The number of nitrogens with zero attached hydrogens (tertiary/aromatic N) is 1. The summed E-state index contributed by atoms with van der Waals surface area (Å²) in [7, 11) is 0. The van der Waals surface area contributed by atoms with Crippen molar-refractivity contribution in [3.05, 3.63) is 76.8 Å². The predicted molar refractivity (Wildman–Crippen MR) is 114 cm³/mol.